The predicted molar refractivity (Wildman–Crippen MR) is 71.1 cm³/mol. The Morgan fingerprint density at radius 3 is 2.30 bits per heavy atom. The fourth-order valence-corrected chi connectivity index (χ4v) is 5.61. The van der Waals surface area contributed by atoms with E-state index < -0.39 is 26.6 Å². The van der Waals surface area contributed by atoms with Crippen molar-refractivity contribution in [3.63, 3.8) is 0 Å². The molecule has 2 atom stereocenters. The quantitative estimate of drug-likeness (QED) is 0.785. The van der Waals surface area contributed by atoms with Crippen molar-refractivity contribution in [3.8, 4) is 0 Å². The summed E-state index contributed by atoms with van der Waals surface area (Å²) in [5.74, 6) is -1.83. The van der Waals surface area contributed by atoms with Crippen LogP contribution in [0, 0.1) is 11.6 Å². The van der Waals surface area contributed by atoms with E-state index in [9.17, 15) is 17.2 Å². The molecule has 2 fully saturated rings. The van der Waals surface area contributed by atoms with E-state index in [2.05, 4.69) is 0 Å². The summed E-state index contributed by atoms with van der Waals surface area (Å²) in [6.45, 7) is 0. The molecule has 0 radical (unpaired) electrons. The lowest BCUT2D eigenvalue weighted by atomic mass is 10.1. The number of nitrogens with zero attached hydrogens (tertiary/aromatic N) is 1. The molecule has 2 aliphatic rings. The van der Waals surface area contributed by atoms with Gasteiger partial charge in [0.2, 0.25) is 10.0 Å². The van der Waals surface area contributed by atoms with E-state index in [1.165, 1.54) is 4.31 Å². The Hall–Kier alpha value is -0.720. The average molecular weight is 322 g/mol. The molecule has 110 valence electrons. The van der Waals surface area contributed by atoms with E-state index in [4.69, 9.17) is 11.6 Å². The zero-order valence-electron chi connectivity index (χ0n) is 10.6. The third kappa shape index (κ3) is 2.23. The summed E-state index contributed by atoms with van der Waals surface area (Å²) in [6, 6.07) is 2.21. The maximum absolute atomic E-state index is 13.8. The summed E-state index contributed by atoms with van der Waals surface area (Å²) in [7, 11) is -3.94. The Kier molecular flexibility index (Phi) is 3.51. The van der Waals surface area contributed by atoms with Gasteiger partial charge in [-0.2, -0.15) is 4.31 Å². The second kappa shape index (κ2) is 4.93. The van der Waals surface area contributed by atoms with E-state index in [0.29, 0.717) is 18.9 Å². The molecule has 2 saturated heterocycles. The Bertz CT molecular complexity index is 623. The molecule has 2 aliphatic heterocycles. The molecule has 0 N–H and O–H groups in total. The SMILES string of the molecule is O=S(=O)(c1ccc(F)cc1F)N1C2CCC1CC(Cl)C2. The Labute approximate surface area is 121 Å². The zero-order valence-corrected chi connectivity index (χ0v) is 12.2. The number of fused-ring (bicyclic) bond motifs is 2. The van der Waals surface area contributed by atoms with Crippen LogP contribution in [0.4, 0.5) is 8.78 Å². The highest BCUT2D eigenvalue weighted by Crippen LogP contribution is 2.41. The van der Waals surface area contributed by atoms with Gasteiger partial charge in [0.05, 0.1) is 0 Å². The van der Waals surface area contributed by atoms with Crippen molar-refractivity contribution in [1.82, 2.24) is 4.31 Å². The van der Waals surface area contributed by atoms with Crippen LogP contribution in [0.2, 0.25) is 0 Å². The topological polar surface area (TPSA) is 37.4 Å². The van der Waals surface area contributed by atoms with Gasteiger partial charge in [0.15, 0.2) is 0 Å². The second-order valence-corrected chi connectivity index (χ2v) is 7.79. The first-order valence-corrected chi connectivity index (χ1v) is 8.40. The van der Waals surface area contributed by atoms with E-state index in [-0.39, 0.29) is 17.5 Å². The highest BCUT2D eigenvalue weighted by molar-refractivity contribution is 7.89. The molecular formula is C13H14ClF2NO2S. The number of benzene rings is 1. The molecule has 3 nitrogen and oxygen atoms in total. The van der Waals surface area contributed by atoms with Crippen LogP contribution in [-0.4, -0.2) is 30.2 Å². The number of piperidine rings is 1. The second-order valence-electron chi connectivity index (χ2n) is 5.36. The predicted octanol–water partition coefficient (Wildman–Crippen LogP) is 2.89. The Morgan fingerprint density at radius 1 is 1.15 bits per heavy atom. The van der Waals surface area contributed by atoms with Gasteiger partial charge in [-0.1, -0.05) is 0 Å². The Morgan fingerprint density at radius 2 is 1.75 bits per heavy atom. The molecule has 0 aliphatic carbocycles. The van der Waals surface area contributed by atoms with Crippen LogP contribution in [0.25, 0.3) is 0 Å². The molecule has 1 aromatic rings. The average Bonchev–Trinajstić information content (AvgIpc) is 2.62. The standard InChI is InChI=1S/C13H14ClF2NO2S/c14-8-5-10-2-3-11(6-8)17(10)20(18,19)13-4-1-9(15)7-12(13)16/h1,4,7-8,10-11H,2-3,5-6H2. The molecule has 0 saturated carbocycles. The zero-order chi connectivity index (χ0) is 14.5. The highest BCUT2D eigenvalue weighted by Gasteiger charge is 2.47. The fourth-order valence-electron chi connectivity index (χ4n) is 3.26. The molecule has 2 bridgehead atoms. The normalized spacial score (nSPS) is 30.6. The van der Waals surface area contributed by atoms with Gasteiger partial charge in [-0.3, -0.25) is 0 Å². The maximum Gasteiger partial charge on any atom is 0.246 e. The van der Waals surface area contributed by atoms with Crippen LogP contribution in [0.15, 0.2) is 23.1 Å². The third-order valence-electron chi connectivity index (χ3n) is 4.06. The smallest absolute Gasteiger partial charge is 0.207 e. The van der Waals surface area contributed by atoms with Crippen LogP contribution in [0.5, 0.6) is 0 Å². The number of hydrogen-bond acceptors (Lipinski definition) is 2. The van der Waals surface area contributed by atoms with Crippen LogP contribution < -0.4 is 0 Å². The maximum atomic E-state index is 13.8. The van der Waals surface area contributed by atoms with Gasteiger partial charge in [0.1, 0.15) is 16.5 Å². The molecule has 3 rings (SSSR count). The number of halogens is 3. The molecule has 1 aromatic carbocycles. The van der Waals surface area contributed by atoms with Crippen molar-refractivity contribution in [3.05, 3.63) is 29.8 Å². The minimum Gasteiger partial charge on any atom is -0.207 e. The molecule has 20 heavy (non-hydrogen) atoms. The van der Waals surface area contributed by atoms with Crippen molar-refractivity contribution in [2.75, 3.05) is 0 Å². The molecule has 0 amide bonds. The first-order valence-electron chi connectivity index (χ1n) is 6.52. The number of sulfonamides is 1. The van der Waals surface area contributed by atoms with Gasteiger partial charge in [-0.25, -0.2) is 17.2 Å². The van der Waals surface area contributed by atoms with Gasteiger partial charge < -0.3 is 0 Å². The Balaban J connectivity index is 2.01. The minimum atomic E-state index is -3.94. The van der Waals surface area contributed by atoms with Gasteiger partial charge in [-0.15, -0.1) is 11.6 Å². The first kappa shape index (κ1) is 14.2. The molecule has 0 spiro atoms. The highest BCUT2D eigenvalue weighted by atomic mass is 35.5. The van der Waals surface area contributed by atoms with Crippen molar-refractivity contribution >= 4 is 21.6 Å². The molecular weight excluding hydrogens is 308 g/mol. The lowest BCUT2D eigenvalue weighted by Gasteiger charge is -2.35. The summed E-state index contributed by atoms with van der Waals surface area (Å²) < 4.78 is 53.3. The molecule has 0 aromatic heterocycles. The monoisotopic (exact) mass is 321 g/mol. The van der Waals surface area contributed by atoms with E-state index in [0.717, 1.165) is 25.0 Å². The summed E-state index contributed by atoms with van der Waals surface area (Å²) in [5, 5.41) is -0.0305. The third-order valence-corrected chi connectivity index (χ3v) is 6.45. The first-order chi connectivity index (χ1) is 9.39. The molecule has 2 heterocycles. The van der Waals surface area contributed by atoms with Crippen molar-refractivity contribution in [1.29, 1.82) is 0 Å². The lowest BCUT2D eigenvalue weighted by molar-refractivity contribution is 0.250. The van der Waals surface area contributed by atoms with Crippen LogP contribution in [0.1, 0.15) is 25.7 Å². The number of hydrogen-bond donors (Lipinski definition) is 0. The van der Waals surface area contributed by atoms with Crippen molar-refractivity contribution in [2.45, 2.75) is 48.0 Å². The number of rotatable bonds is 2. The van der Waals surface area contributed by atoms with Gasteiger partial charge in [0, 0.05) is 23.5 Å². The van der Waals surface area contributed by atoms with Gasteiger partial charge >= 0.3 is 0 Å². The van der Waals surface area contributed by atoms with Crippen molar-refractivity contribution in [2.24, 2.45) is 0 Å². The summed E-state index contributed by atoms with van der Waals surface area (Å²) in [5.41, 5.74) is 0. The minimum absolute atomic E-state index is 0.0305. The van der Waals surface area contributed by atoms with Gasteiger partial charge in [0.25, 0.3) is 0 Å². The summed E-state index contributed by atoms with van der Waals surface area (Å²) >= 11 is 6.11. The van der Waals surface area contributed by atoms with E-state index in [1.807, 2.05) is 0 Å². The fraction of sp³-hybridized carbons (Fsp3) is 0.538. The van der Waals surface area contributed by atoms with Gasteiger partial charge in [-0.05, 0) is 37.8 Å². The van der Waals surface area contributed by atoms with Crippen LogP contribution in [0.3, 0.4) is 0 Å². The van der Waals surface area contributed by atoms with Crippen molar-refractivity contribution < 1.29 is 17.2 Å². The van der Waals surface area contributed by atoms with Crippen LogP contribution in [-0.2, 0) is 10.0 Å². The van der Waals surface area contributed by atoms with E-state index >= 15 is 0 Å². The summed E-state index contributed by atoms with van der Waals surface area (Å²) in [4.78, 5) is -0.455. The molecule has 2 unspecified atom stereocenters. The lowest BCUT2D eigenvalue weighted by Crippen LogP contribution is -2.47. The van der Waals surface area contributed by atoms with E-state index in [1.54, 1.807) is 0 Å². The largest absolute Gasteiger partial charge is 0.246 e. The summed E-state index contributed by atoms with van der Waals surface area (Å²) in [6.07, 6.45) is 2.66. The van der Waals surface area contributed by atoms with Crippen LogP contribution >= 0.6 is 11.6 Å². The number of alkyl halides is 1. The molecule has 7 heteroatoms.